The molecule has 132 valence electrons. The lowest BCUT2D eigenvalue weighted by Crippen LogP contribution is -2.07. The number of hydrogen-bond acceptors (Lipinski definition) is 4. The van der Waals surface area contributed by atoms with E-state index in [9.17, 15) is 4.79 Å². The van der Waals surface area contributed by atoms with Crippen LogP contribution in [0.2, 0.25) is 0 Å². The van der Waals surface area contributed by atoms with Crippen molar-refractivity contribution in [2.45, 2.75) is 27.7 Å². The fraction of sp³-hybridized carbons (Fsp3) is 0.227. The summed E-state index contributed by atoms with van der Waals surface area (Å²) in [7, 11) is 0. The van der Waals surface area contributed by atoms with E-state index >= 15 is 0 Å². The molecule has 4 aromatic rings. The Balaban J connectivity index is 2.20. The highest BCUT2D eigenvalue weighted by molar-refractivity contribution is 6.05. The Labute approximate surface area is 151 Å². The molecular formula is C22H20O4. The van der Waals surface area contributed by atoms with Gasteiger partial charge in [0.25, 0.3) is 0 Å². The van der Waals surface area contributed by atoms with Crippen LogP contribution in [-0.4, -0.2) is 6.61 Å². The summed E-state index contributed by atoms with van der Waals surface area (Å²) in [5, 5.41) is 1.92. The lowest BCUT2D eigenvalue weighted by molar-refractivity contribution is 0.341. The molecule has 2 aromatic heterocycles. The summed E-state index contributed by atoms with van der Waals surface area (Å²) in [6.45, 7) is 8.23. The van der Waals surface area contributed by atoms with E-state index in [0.717, 1.165) is 44.4 Å². The first-order chi connectivity index (χ1) is 12.5. The lowest BCUT2D eigenvalue weighted by Gasteiger charge is -2.15. The van der Waals surface area contributed by atoms with Gasteiger partial charge in [-0.25, -0.2) is 4.79 Å². The van der Waals surface area contributed by atoms with Gasteiger partial charge in [-0.15, -0.1) is 0 Å². The average molecular weight is 348 g/mol. The molecule has 0 spiro atoms. The van der Waals surface area contributed by atoms with Gasteiger partial charge in [0, 0.05) is 33.0 Å². The van der Waals surface area contributed by atoms with Crippen molar-refractivity contribution in [1.82, 2.24) is 0 Å². The Kier molecular flexibility index (Phi) is 3.83. The molecule has 0 atom stereocenters. The lowest BCUT2D eigenvalue weighted by atomic mass is 9.94. The number of para-hydroxylation sites is 1. The number of aryl methyl sites for hydroxylation is 2. The molecule has 0 saturated heterocycles. The Hall–Kier alpha value is -3.01. The highest BCUT2D eigenvalue weighted by Crippen LogP contribution is 2.40. The molecule has 0 aliphatic rings. The van der Waals surface area contributed by atoms with Crippen LogP contribution < -0.4 is 10.4 Å². The predicted octanol–water partition coefficient (Wildman–Crippen LogP) is 5.53. The van der Waals surface area contributed by atoms with Crippen LogP contribution in [0.5, 0.6) is 5.75 Å². The van der Waals surface area contributed by atoms with Gasteiger partial charge in [0.15, 0.2) is 0 Å². The molecule has 4 rings (SSSR count). The number of benzene rings is 2. The summed E-state index contributed by atoms with van der Waals surface area (Å²) in [5.74, 6) is 0.756. The molecule has 0 fully saturated rings. The third-order valence-electron chi connectivity index (χ3n) is 4.84. The van der Waals surface area contributed by atoms with Crippen molar-refractivity contribution in [3.05, 3.63) is 63.7 Å². The van der Waals surface area contributed by atoms with E-state index in [1.165, 1.54) is 0 Å². The van der Waals surface area contributed by atoms with E-state index in [0.29, 0.717) is 17.8 Å². The molecule has 0 unspecified atom stereocenters. The van der Waals surface area contributed by atoms with Crippen LogP contribution in [0.25, 0.3) is 33.1 Å². The number of hydrogen-bond donors (Lipinski definition) is 0. The van der Waals surface area contributed by atoms with Gasteiger partial charge >= 0.3 is 5.63 Å². The third-order valence-corrected chi connectivity index (χ3v) is 4.84. The fourth-order valence-electron chi connectivity index (χ4n) is 3.53. The molecule has 0 N–H and O–H groups in total. The molecule has 0 bridgehead atoms. The van der Waals surface area contributed by atoms with Gasteiger partial charge in [-0.05, 0) is 45.4 Å². The monoisotopic (exact) mass is 348 g/mol. The van der Waals surface area contributed by atoms with Crippen LogP contribution in [0.15, 0.2) is 50.2 Å². The quantitative estimate of drug-likeness (QED) is 0.457. The summed E-state index contributed by atoms with van der Waals surface area (Å²) in [6, 6.07) is 9.83. The molecule has 4 nitrogen and oxygen atoms in total. The van der Waals surface area contributed by atoms with Gasteiger partial charge < -0.3 is 13.6 Å². The zero-order chi connectivity index (χ0) is 18.4. The minimum Gasteiger partial charge on any atom is -0.493 e. The Morgan fingerprint density at radius 3 is 2.54 bits per heavy atom. The normalized spacial score (nSPS) is 11.4. The first-order valence-electron chi connectivity index (χ1n) is 8.70. The topological polar surface area (TPSA) is 52.6 Å². The molecular weight excluding hydrogens is 328 g/mol. The molecule has 0 aliphatic heterocycles. The highest BCUT2D eigenvalue weighted by Gasteiger charge is 2.20. The fourth-order valence-corrected chi connectivity index (χ4v) is 3.53. The SMILES string of the molecule is CCOc1ccccc1-c1c(C)c(=O)oc2c(C)c3occ(C)c3cc12. The Morgan fingerprint density at radius 1 is 1.00 bits per heavy atom. The smallest absolute Gasteiger partial charge is 0.339 e. The zero-order valence-electron chi connectivity index (χ0n) is 15.3. The van der Waals surface area contributed by atoms with Gasteiger partial charge in [-0.1, -0.05) is 18.2 Å². The molecule has 2 heterocycles. The van der Waals surface area contributed by atoms with Crippen molar-refractivity contribution in [2.75, 3.05) is 6.61 Å². The maximum Gasteiger partial charge on any atom is 0.339 e. The number of ether oxygens (including phenoxy) is 1. The maximum absolute atomic E-state index is 12.6. The first-order valence-corrected chi connectivity index (χ1v) is 8.70. The number of furan rings is 1. The average Bonchev–Trinajstić information content (AvgIpc) is 3.00. The van der Waals surface area contributed by atoms with Crippen molar-refractivity contribution in [2.24, 2.45) is 0 Å². The highest BCUT2D eigenvalue weighted by atomic mass is 16.5. The number of rotatable bonds is 3. The second kappa shape index (κ2) is 6.06. The molecule has 0 radical (unpaired) electrons. The molecule has 4 heteroatoms. The summed E-state index contributed by atoms with van der Waals surface area (Å²) in [6.07, 6.45) is 1.73. The first kappa shape index (κ1) is 16.5. The Bertz CT molecular complexity index is 1190. The van der Waals surface area contributed by atoms with Crippen LogP contribution >= 0.6 is 0 Å². The predicted molar refractivity (Wildman–Crippen MR) is 103 cm³/mol. The van der Waals surface area contributed by atoms with Gasteiger partial charge in [0.05, 0.1) is 12.9 Å². The van der Waals surface area contributed by atoms with Crippen molar-refractivity contribution in [3.63, 3.8) is 0 Å². The molecule has 0 aliphatic carbocycles. The second-order valence-corrected chi connectivity index (χ2v) is 6.49. The van der Waals surface area contributed by atoms with Crippen molar-refractivity contribution < 1.29 is 13.6 Å². The summed E-state index contributed by atoms with van der Waals surface area (Å²) >= 11 is 0. The van der Waals surface area contributed by atoms with E-state index in [4.69, 9.17) is 13.6 Å². The van der Waals surface area contributed by atoms with Crippen LogP contribution in [0.1, 0.15) is 23.6 Å². The molecule has 0 saturated carbocycles. The van der Waals surface area contributed by atoms with E-state index in [2.05, 4.69) is 0 Å². The standard InChI is InChI=1S/C22H20O4/c1-5-24-18-9-7-6-8-15(18)19-13(3)22(23)26-21-14(4)20-16(10-17(19)21)12(2)11-25-20/h6-11H,5H2,1-4H3. The third kappa shape index (κ3) is 2.33. The second-order valence-electron chi connectivity index (χ2n) is 6.49. The van der Waals surface area contributed by atoms with Crippen molar-refractivity contribution >= 4 is 21.9 Å². The van der Waals surface area contributed by atoms with Crippen LogP contribution in [0, 0.1) is 20.8 Å². The summed E-state index contributed by atoms with van der Waals surface area (Å²) < 4.78 is 17.1. The van der Waals surface area contributed by atoms with Gasteiger partial charge in [-0.3, -0.25) is 0 Å². The van der Waals surface area contributed by atoms with E-state index in [-0.39, 0.29) is 5.63 Å². The zero-order valence-corrected chi connectivity index (χ0v) is 15.3. The van der Waals surface area contributed by atoms with Crippen LogP contribution in [0.4, 0.5) is 0 Å². The van der Waals surface area contributed by atoms with E-state index in [1.54, 1.807) is 13.2 Å². The summed E-state index contributed by atoms with van der Waals surface area (Å²) in [4.78, 5) is 12.6. The molecule has 2 aromatic carbocycles. The Morgan fingerprint density at radius 2 is 1.77 bits per heavy atom. The van der Waals surface area contributed by atoms with Crippen LogP contribution in [0.3, 0.4) is 0 Å². The van der Waals surface area contributed by atoms with Gasteiger partial charge in [0.1, 0.15) is 16.9 Å². The van der Waals surface area contributed by atoms with Gasteiger partial charge in [0.2, 0.25) is 0 Å². The molecule has 0 amide bonds. The molecule has 26 heavy (non-hydrogen) atoms. The minimum absolute atomic E-state index is 0.343. The largest absolute Gasteiger partial charge is 0.493 e. The maximum atomic E-state index is 12.6. The van der Waals surface area contributed by atoms with E-state index in [1.807, 2.05) is 51.1 Å². The van der Waals surface area contributed by atoms with Crippen molar-refractivity contribution in [3.8, 4) is 16.9 Å². The summed E-state index contributed by atoms with van der Waals surface area (Å²) in [5.41, 5.74) is 5.18. The minimum atomic E-state index is -0.343. The van der Waals surface area contributed by atoms with Crippen LogP contribution in [-0.2, 0) is 0 Å². The van der Waals surface area contributed by atoms with E-state index < -0.39 is 0 Å². The van der Waals surface area contributed by atoms with Gasteiger partial charge in [-0.2, -0.15) is 0 Å². The number of fused-ring (bicyclic) bond motifs is 2. The van der Waals surface area contributed by atoms with Crippen molar-refractivity contribution in [1.29, 1.82) is 0 Å².